The van der Waals surface area contributed by atoms with Gasteiger partial charge in [0.2, 0.25) is 0 Å². The van der Waals surface area contributed by atoms with Gasteiger partial charge < -0.3 is 18.9 Å². The molecule has 0 saturated carbocycles. The topological polar surface area (TPSA) is 40.2 Å². The van der Waals surface area contributed by atoms with E-state index in [4.69, 9.17) is 18.9 Å². The lowest BCUT2D eigenvalue weighted by atomic mass is 9.92. The van der Waals surface area contributed by atoms with Gasteiger partial charge in [0.1, 0.15) is 18.3 Å². The zero-order chi connectivity index (χ0) is 26.6. The largest absolute Gasteiger partial charge is 0.368 e. The van der Waals surface area contributed by atoms with Gasteiger partial charge in [0, 0.05) is 12.6 Å². The molecule has 0 aromatic heterocycles. The molecule has 0 unspecified atom stereocenters. The van der Waals surface area contributed by atoms with Crippen LogP contribution in [0.15, 0.2) is 30.3 Å². The van der Waals surface area contributed by atoms with Gasteiger partial charge >= 0.3 is 0 Å². The summed E-state index contributed by atoms with van der Waals surface area (Å²) in [4.78, 5) is 2.61. The van der Waals surface area contributed by atoms with Crippen molar-refractivity contribution in [2.75, 3.05) is 13.1 Å². The van der Waals surface area contributed by atoms with Gasteiger partial charge in [-0.1, -0.05) is 121 Å². The number of rotatable bonds is 19. The van der Waals surface area contributed by atoms with Crippen LogP contribution in [0.4, 0.5) is 0 Å². The highest BCUT2D eigenvalue weighted by atomic mass is 16.8. The fraction of sp³-hybridized carbons (Fsp3) is 0.818. The van der Waals surface area contributed by atoms with E-state index in [0.717, 1.165) is 19.5 Å². The molecule has 3 heterocycles. The molecule has 1 aromatic rings. The third-order valence-electron chi connectivity index (χ3n) is 8.67. The summed E-state index contributed by atoms with van der Waals surface area (Å²) in [6.07, 6.45) is 20.2. The number of fused-ring (bicyclic) bond motifs is 1. The first kappa shape index (κ1) is 30.0. The second-order valence-corrected chi connectivity index (χ2v) is 12.3. The number of nitrogens with zero attached hydrogens (tertiary/aromatic N) is 1. The third kappa shape index (κ3) is 9.02. The first-order valence-corrected chi connectivity index (χ1v) is 16.0. The van der Waals surface area contributed by atoms with Gasteiger partial charge in [-0.3, -0.25) is 4.90 Å². The lowest BCUT2D eigenvalue weighted by molar-refractivity contribution is -0.231. The van der Waals surface area contributed by atoms with Crippen molar-refractivity contribution < 1.29 is 18.9 Å². The van der Waals surface area contributed by atoms with Crippen molar-refractivity contribution in [3.8, 4) is 0 Å². The summed E-state index contributed by atoms with van der Waals surface area (Å²) >= 11 is 0. The van der Waals surface area contributed by atoms with Crippen molar-refractivity contribution >= 4 is 0 Å². The summed E-state index contributed by atoms with van der Waals surface area (Å²) in [6, 6.07) is 10.8. The molecular formula is C33H55NO4. The number of benzene rings is 1. The van der Waals surface area contributed by atoms with Crippen LogP contribution in [0.2, 0.25) is 0 Å². The highest BCUT2D eigenvalue weighted by Gasteiger charge is 2.58. The second-order valence-electron chi connectivity index (χ2n) is 12.3. The number of unbranched alkanes of at least 4 members (excludes halogenated alkanes) is 13. The molecule has 3 aliphatic heterocycles. The second kappa shape index (κ2) is 15.7. The summed E-state index contributed by atoms with van der Waals surface area (Å²) < 4.78 is 25.3. The fourth-order valence-electron chi connectivity index (χ4n) is 6.39. The van der Waals surface area contributed by atoms with Gasteiger partial charge in [-0.15, -0.1) is 0 Å². The SMILES string of the molecule is CCCCCCCCCCCCCCCCN1CC[C@@H]1[C@H]1O[C@@H]2OC(C)(C)O[C@@H]2[C@H]1OCc1ccccc1. The quantitative estimate of drug-likeness (QED) is 0.170. The van der Waals surface area contributed by atoms with Crippen LogP contribution >= 0.6 is 0 Å². The van der Waals surface area contributed by atoms with Crippen LogP contribution in [0.25, 0.3) is 0 Å². The van der Waals surface area contributed by atoms with E-state index in [9.17, 15) is 0 Å². The van der Waals surface area contributed by atoms with Crippen molar-refractivity contribution in [2.24, 2.45) is 0 Å². The average Bonchev–Trinajstić information content (AvgIpc) is 3.36. The maximum absolute atomic E-state index is 6.48. The van der Waals surface area contributed by atoms with Gasteiger partial charge in [0.05, 0.1) is 6.61 Å². The van der Waals surface area contributed by atoms with E-state index in [-0.39, 0.29) is 24.6 Å². The Balaban J connectivity index is 1.10. The van der Waals surface area contributed by atoms with Gasteiger partial charge in [-0.25, -0.2) is 0 Å². The Labute approximate surface area is 232 Å². The Morgan fingerprint density at radius 3 is 1.97 bits per heavy atom. The van der Waals surface area contributed by atoms with Crippen molar-refractivity contribution in [2.45, 2.75) is 160 Å². The monoisotopic (exact) mass is 529 g/mol. The summed E-state index contributed by atoms with van der Waals surface area (Å²) in [5, 5.41) is 0. The van der Waals surface area contributed by atoms with E-state index < -0.39 is 5.79 Å². The Morgan fingerprint density at radius 1 is 0.789 bits per heavy atom. The molecule has 5 heteroatoms. The molecule has 0 spiro atoms. The molecule has 3 aliphatic rings. The summed E-state index contributed by atoms with van der Waals surface area (Å²) in [7, 11) is 0. The smallest absolute Gasteiger partial charge is 0.190 e. The molecule has 0 bridgehead atoms. The predicted molar refractivity (Wildman–Crippen MR) is 154 cm³/mol. The lowest BCUT2D eigenvalue weighted by Crippen LogP contribution is -2.58. The highest BCUT2D eigenvalue weighted by Crippen LogP contribution is 2.42. The van der Waals surface area contributed by atoms with Crippen LogP contribution in [-0.4, -0.2) is 54.4 Å². The molecule has 0 N–H and O–H groups in total. The molecule has 0 aliphatic carbocycles. The minimum absolute atomic E-state index is 0.00482. The van der Waals surface area contributed by atoms with Crippen LogP contribution in [0.5, 0.6) is 0 Å². The summed E-state index contributed by atoms with van der Waals surface area (Å²) in [5.41, 5.74) is 1.18. The van der Waals surface area contributed by atoms with Crippen molar-refractivity contribution in [3.05, 3.63) is 35.9 Å². The minimum atomic E-state index is -0.623. The first-order valence-electron chi connectivity index (χ1n) is 16.0. The predicted octanol–water partition coefficient (Wildman–Crippen LogP) is 8.00. The van der Waals surface area contributed by atoms with Gasteiger partial charge in [-0.2, -0.15) is 0 Å². The Morgan fingerprint density at radius 2 is 1.39 bits per heavy atom. The number of hydrogen-bond acceptors (Lipinski definition) is 5. The molecule has 0 radical (unpaired) electrons. The van der Waals surface area contributed by atoms with Crippen molar-refractivity contribution in [1.82, 2.24) is 4.90 Å². The zero-order valence-corrected chi connectivity index (χ0v) is 24.6. The maximum Gasteiger partial charge on any atom is 0.190 e. The molecule has 3 saturated heterocycles. The third-order valence-corrected chi connectivity index (χ3v) is 8.67. The van der Waals surface area contributed by atoms with Crippen LogP contribution < -0.4 is 0 Å². The molecule has 5 atom stereocenters. The van der Waals surface area contributed by atoms with Crippen LogP contribution in [0, 0.1) is 0 Å². The normalized spacial score (nSPS) is 28.4. The summed E-state index contributed by atoms with van der Waals surface area (Å²) in [5.74, 6) is -0.623. The standard InChI is InChI=1S/C33H55NO4/c1-4-5-6-7-8-9-10-11-12-13-14-15-16-20-24-34-25-23-28(34)29-30(35-26-27-21-18-17-19-22-27)31-32(36-29)38-33(2,3)37-31/h17-19,21-22,28-32H,4-16,20,23-26H2,1-3H3/t28-,29-,30+,31-,32-/m1/s1. The van der Waals surface area contributed by atoms with E-state index >= 15 is 0 Å². The Hall–Kier alpha value is -0.980. The van der Waals surface area contributed by atoms with Crippen LogP contribution in [0.1, 0.15) is 123 Å². The first-order chi connectivity index (χ1) is 18.6. The van der Waals surface area contributed by atoms with E-state index in [1.54, 1.807) is 0 Å². The summed E-state index contributed by atoms with van der Waals surface area (Å²) in [6.45, 7) is 9.12. The van der Waals surface area contributed by atoms with Gasteiger partial charge in [0.15, 0.2) is 12.1 Å². The maximum atomic E-state index is 6.48. The van der Waals surface area contributed by atoms with Crippen LogP contribution in [-0.2, 0) is 25.6 Å². The number of likely N-dealkylation sites (tertiary alicyclic amines) is 1. The Bertz CT molecular complexity index is 772. The molecule has 38 heavy (non-hydrogen) atoms. The number of ether oxygens (including phenoxy) is 4. The Kier molecular flexibility index (Phi) is 12.4. The minimum Gasteiger partial charge on any atom is -0.368 e. The molecule has 216 valence electrons. The molecular weight excluding hydrogens is 474 g/mol. The number of hydrogen-bond donors (Lipinski definition) is 0. The van der Waals surface area contributed by atoms with Gasteiger partial charge in [-0.05, 0) is 38.8 Å². The molecule has 5 nitrogen and oxygen atoms in total. The molecule has 3 fully saturated rings. The lowest BCUT2D eigenvalue weighted by Gasteiger charge is -2.45. The van der Waals surface area contributed by atoms with E-state index in [2.05, 4.69) is 36.1 Å². The van der Waals surface area contributed by atoms with Crippen molar-refractivity contribution in [1.29, 1.82) is 0 Å². The van der Waals surface area contributed by atoms with E-state index in [1.807, 2.05) is 19.9 Å². The van der Waals surface area contributed by atoms with E-state index in [1.165, 1.54) is 95.5 Å². The zero-order valence-electron chi connectivity index (χ0n) is 24.6. The molecule has 4 rings (SSSR count). The van der Waals surface area contributed by atoms with Crippen molar-refractivity contribution in [3.63, 3.8) is 0 Å². The molecule has 0 amide bonds. The average molecular weight is 530 g/mol. The fourth-order valence-corrected chi connectivity index (χ4v) is 6.39. The van der Waals surface area contributed by atoms with E-state index in [0.29, 0.717) is 12.6 Å². The van der Waals surface area contributed by atoms with Crippen LogP contribution in [0.3, 0.4) is 0 Å². The molecule has 1 aromatic carbocycles. The van der Waals surface area contributed by atoms with Gasteiger partial charge in [0.25, 0.3) is 0 Å². The highest BCUT2D eigenvalue weighted by molar-refractivity contribution is 5.14.